The minimum atomic E-state index is -0.989. The highest BCUT2D eigenvalue weighted by atomic mass is 16.6. The van der Waals surface area contributed by atoms with E-state index in [0.717, 1.165) is 27.9 Å². The van der Waals surface area contributed by atoms with Crippen molar-refractivity contribution in [2.75, 3.05) is 6.54 Å². The van der Waals surface area contributed by atoms with Crippen LogP contribution >= 0.6 is 0 Å². The van der Waals surface area contributed by atoms with Crippen LogP contribution in [0.25, 0.3) is 11.1 Å². The molecule has 37 heavy (non-hydrogen) atoms. The molecule has 6 nitrogen and oxygen atoms in total. The van der Waals surface area contributed by atoms with Gasteiger partial charge in [-0.1, -0.05) is 60.7 Å². The monoisotopic (exact) mass is 497 g/mol. The second-order valence-corrected chi connectivity index (χ2v) is 11.1. The molecule has 2 aromatic carbocycles. The van der Waals surface area contributed by atoms with Crippen LogP contribution in [0.2, 0.25) is 0 Å². The fourth-order valence-electron chi connectivity index (χ4n) is 5.02. The van der Waals surface area contributed by atoms with Gasteiger partial charge in [-0.3, -0.25) is 4.98 Å². The van der Waals surface area contributed by atoms with Gasteiger partial charge in [0.1, 0.15) is 5.60 Å². The SMILES string of the molecule is C[C@@H](c1ccc(-c2ccc(C(C)(C)C#N)nc2)cc1)N1CC[C@](CC(C)(C)O)(c2ccccc2)OC1=O. The average Bonchev–Trinajstić information content (AvgIpc) is 2.88. The molecule has 1 aliphatic heterocycles. The average molecular weight is 498 g/mol. The number of nitriles is 1. The van der Waals surface area contributed by atoms with Gasteiger partial charge in [0.05, 0.1) is 28.8 Å². The van der Waals surface area contributed by atoms with Crippen molar-refractivity contribution in [1.29, 1.82) is 5.26 Å². The topological polar surface area (TPSA) is 86.5 Å². The van der Waals surface area contributed by atoms with E-state index < -0.39 is 16.6 Å². The molecule has 1 aromatic heterocycles. The second-order valence-electron chi connectivity index (χ2n) is 11.1. The van der Waals surface area contributed by atoms with Crippen molar-refractivity contribution in [3.8, 4) is 17.2 Å². The first-order chi connectivity index (χ1) is 17.4. The number of carbonyl (C=O) groups is 1. The van der Waals surface area contributed by atoms with E-state index in [-0.39, 0.29) is 12.1 Å². The zero-order valence-electron chi connectivity index (χ0n) is 22.2. The Hall–Kier alpha value is -3.69. The summed E-state index contributed by atoms with van der Waals surface area (Å²) in [5, 5.41) is 19.9. The molecule has 2 heterocycles. The summed E-state index contributed by atoms with van der Waals surface area (Å²) in [7, 11) is 0. The molecular formula is C31H35N3O3. The van der Waals surface area contributed by atoms with Crippen LogP contribution in [0.15, 0.2) is 72.9 Å². The van der Waals surface area contributed by atoms with Gasteiger partial charge in [0.15, 0.2) is 0 Å². The quantitative estimate of drug-likeness (QED) is 0.402. The molecule has 0 unspecified atom stereocenters. The zero-order chi connectivity index (χ0) is 26.8. The fraction of sp³-hybridized carbons (Fsp3) is 0.387. The third-order valence-corrected chi connectivity index (χ3v) is 7.17. The van der Waals surface area contributed by atoms with E-state index in [0.29, 0.717) is 19.4 Å². The van der Waals surface area contributed by atoms with Gasteiger partial charge in [0.2, 0.25) is 0 Å². The molecule has 0 saturated carbocycles. The maximum absolute atomic E-state index is 13.3. The van der Waals surface area contributed by atoms with Gasteiger partial charge in [-0.2, -0.15) is 5.26 Å². The van der Waals surface area contributed by atoms with Crippen molar-refractivity contribution >= 4 is 6.09 Å². The molecule has 192 valence electrons. The molecule has 1 saturated heterocycles. The van der Waals surface area contributed by atoms with E-state index in [2.05, 4.69) is 11.1 Å². The van der Waals surface area contributed by atoms with Gasteiger partial charge in [0.25, 0.3) is 0 Å². The third kappa shape index (κ3) is 5.68. The summed E-state index contributed by atoms with van der Waals surface area (Å²) in [6.45, 7) is 9.72. The van der Waals surface area contributed by atoms with Crippen molar-refractivity contribution in [1.82, 2.24) is 9.88 Å². The van der Waals surface area contributed by atoms with E-state index in [9.17, 15) is 15.2 Å². The lowest BCUT2D eigenvalue weighted by Gasteiger charge is -2.45. The van der Waals surface area contributed by atoms with Crippen LogP contribution < -0.4 is 0 Å². The van der Waals surface area contributed by atoms with Gasteiger partial charge < -0.3 is 14.7 Å². The van der Waals surface area contributed by atoms with Crippen LogP contribution in [0.3, 0.4) is 0 Å². The molecular weight excluding hydrogens is 462 g/mol. The Labute approximate surface area is 219 Å². The number of hydrogen-bond donors (Lipinski definition) is 1. The van der Waals surface area contributed by atoms with E-state index in [1.54, 1.807) is 24.9 Å². The maximum atomic E-state index is 13.3. The molecule has 4 rings (SSSR count). The maximum Gasteiger partial charge on any atom is 0.411 e. The first kappa shape index (κ1) is 26.4. The molecule has 1 amide bonds. The highest BCUT2D eigenvalue weighted by Gasteiger charge is 2.46. The number of pyridine rings is 1. The third-order valence-electron chi connectivity index (χ3n) is 7.17. The molecule has 3 aromatic rings. The van der Waals surface area contributed by atoms with E-state index in [1.165, 1.54) is 0 Å². The van der Waals surface area contributed by atoms with Crippen LogP contribution in [-0.4, -0.2) is 33.2 Å². The summed E-state index contributed by atoms with van der Waals surface area (Å²) < 4.78 is 6.13. The number of hydrogen-bond acceptors (Lipinski definition) is 5. The molecule has 1 aliphatic rings. The normalized spacial score (nSPS) is 19.2. The highest BCUT2D eigenvalue weighted by Crippen LogP contribution is 2.42. The Kier molecular flexibility index (Phi) is 7.12. The van der Waals surface area contributed by atoms with Gasteiger partial charge in [-0.05, 0) is 57.4 Å². The standard InChI is InChI=1S/C31H35N3O3/c1-22(23-11-13-24(14-12-23)25-15-16-27(33-19-25)29(2,3)21-32)34-18-17-31(37-28(34)35,20-30(4,5)36)26-9-7-6-8-10-26/h6-16,19,22,36H,17-18,20H2,1-5H3/t22-,31-/m0/s1. The van der Waals surface area contributed by atoms with Crippen LogP contribution in [0.5, 0.6) is 0 Å². The lowest BCUT2D eigenvalue weighted by Crippen LogP contribution is -2.51. The summed E-state index contributed by atoms with van der Waals surface area (Å²) in [5.41, 5.74) is 2.14. The van der Waals surface area contributed by atoms with Crippen molar-refractivity contribution in [3.05, 3.63) is 89.7 Å². The number of aliphatic hydroxyl groups is 1. The fourth-order valence-corrected chi connectivity index (χ4v) is 5.02. The minimum Gasteiger partial charge on any atom is -0.438 e. The van der Waals surface area contributed by atoms with Crippen LogP contribution in [0, 0.1) is 11.3 Å². The lowest BCUT2D eigenvalue weighted by molar-refractivity contribution is -0.101. The molecule has 6 heteroatoms. The Morgan fingerprint density at radius 1 is 1.05 bits per heavy atom. The number of benzene rings is 2. The summed E-state index contributed by atoms with van der Waals surface area (Å²) in [6, 6.07) is 23.8. The highest BCUT2D eigenvalue weighted by molar-refractivity contribution is 5.70. The molecule has 0 aliphatic carbocycles. The number of cyclic esters (lactones) is 1. The predicted molar refractivity (Wildman–Crippen MR) is 144 cm³/mol. The van der Waals surface area contributed by atoms with Gasteiger partial charge >= 0.3 is 6.09 Å². The van der Waals surface area contributed by atoms with Crippen molar-refractivity contribution < 1.29 is 14.6 Å². The molecule has 2 atom stereocenters. The number of carbonyl (C=O) groups excluding carboxylic acids is 1. The Morgan fingerprint density at radius 3 is 2.24 bits per heavy atom. The predicted octanol–water partition coefficient (Wildman–Crippen LogP) is 6.51. The van der Waals surface area contributed by atoms with E-state index in [4.69, 9.17) is 4.74 Å². The Bertz CT molecular complexity index is 1270. The number of nitrogens with zero attached hydrogens (tertiary/aromatic N) is 3. The zero-order valence-corrected chi connectivity index (χ0v) is 22.2. The second kappa shape index (κ2) is 9.99. The molecule has 0 spiro atoms. The summed E-state index contributed by atoms with van der Waals surface area (Å²) >= 11 is 0. The van der Waals surface area contributed by atoms with Crippen molar-refractivity contribution in [2.24, 2.45) is 0 Å². The number of rotatable bonds is 7. The van der Waals surface area contributed by atoms with Gasteiger partial charge in [-0.15, -0.1) is 0 Å². The Morgan fingerprint density at radius 2 is 1.70 bits per heavy atom. The summed E-state index contributed by atoms with van der Waals surface area (Å²) in [6.07, 6.45) is 2.33. The van der Waals surface area contributed by atoms with Crippen LogP contribution in [-0.2, 0) is 15.8 Å². The number of amides is 1. The Balaban J connectivity index is 1.50. The summed E-state index contributed by atoms with van der Waals surface area (Å²) in [4.78, 5) is 19.5. The minimum absolute atomic E-state index is 0.172. The van der Waals surface area contributed by atoms with Crippen LogP contribution in [0.4, 0.5) is 4.79 Å². The van der Waals surface area contributed by atoms with Gasteiger partial charge in [-0.25, -0.2) is 4.79 Å². The van der Waals surface area contributed by atoms with Crippen molar-refractivity contribution in [3.63, 3.8) is 0 Å². The van der Waals surface area contributed by atoms with Crippen LogP contribution in [0.1, 0.15) is 70.3 Å². The van der Waals surface area contributed by atoms with Crippen molar-refractivity contribution in [2.45, 2.75) is 70.1 Å². The molecule has 1 fully saturated rings. The number of aromatic nitrogens is 1. The summed E-state index contributed by atoms with van der Waals surface area (Å²) in [5.74, 6) is 0. The smallest absolute Gasteiger partial charge is 0.411 e. The van der Waals surface area contributed by atoms with E-state index >= 15 is 0 Å². The van der Waals surface area contributed by atoms with Gasteiger partial charge in [0, 0.05) is 31.1 Å². The van der Waals surface area contributed by atoms with E-state index in [1.807, 2.05) is 87.5 Å². The largest absolute Gasteiger partial charge is 0.438 e. The first-order valence-corrected chi connectivity index (χ1v) is 12.7. The molecule has 0 radical (unpaired) electrons. The lowest BCUT2D eigenvalue weighted by atomic mass is 9.80. The molecule has 0 bridgehead atoms. The molecule has 1 N–H and O–H groups in total. The first-order valence-electron chi connectivity index (χ1n) is 12.7. The number of ether oxygens (including phenoxy) is 1.